The average molecular weight is 284 g/mol. The first-order valence-electron chi connectivity index (χ1n) is 6.89. The van der Waals surface area contributed by atoms with Gasteiger partial charge in [0, 0.05) is 12.5 Å². The van der Waals surface area contributed by atoms with E-state index in [1.165, 1.54) is 11.3 Å². The van der Waals surface area contributed by atoms with Crippen molar-refractivity contribution in [2.24, 2.45) is 11.7 Å². The molecular formula is C14H24N2O2S. The summed E-state index contributed by atoms with van der Waals surface area (Å²) in [6.45, 7) is 8.49. The number of hydrogen-bond acceptors (Lipinski definition) is 5. The van der Waals surface area contributed by atoms with Gasteiger partial charge in [0.05, 0.1) is 17.3 Å². The van der Waals surface area contributed by atoms with Crippen LogP contribution in [0.15, 0.2) is 0 Å². The molecule has 0 aliphatic heterocycles. The zero-order chi connectivity index (χ0) is 14.4. The highest BCUT2D eigenvalue weighted by Gasteiger charge is 2.20. The molecule has 1 heterocycles. The number of rotatable bonds is 7. The fraction of sp³-hybridized carbons (Fsp3) is 0.714. The van der Waals surface area contributed by atoms with E-state index in [9.17, 15) is 4.79 Å². The molecule has 0 spiro atoms. The Kier molecular flexibility index (Phi) is 6.45. The summed E-state index contributed by atoms with van der Waals surface area (Å²) in [7, 11) is 0. The van der Waals surface area contributed by atoms with Crippen molar-refractivity contribution in [3.05, 3.63) is 15.6 Å². The van der Waals surface area contributed by atoms with Gasteiger partial charge in [0.15, 0.2) is 0 Å². The Labute approximate surface area is 119 Å². The lowest BCUT2D eigenvalue weighted by molar-refractivity contribution is 0.0530. The molecule has 1 unspecified atom stereocenters. The molecule has 0 aromatic carbocycles. The molecule has 4 nitrogen and oxygen atoms in total. The van der Waals surface area contributed by atoms with E-state index in [4.69, 9.17) is 10.5 Å². The van der Waals surface area contributed by atoms with Gasteiger partial charge in [-0.15, -0.1) is 11.3 Å². The molecule has 0 fully saturated rings. The minimum atomic E-state index is -0.257. The zero-order valence-electron chi connectivity index (χ0n) is 12.2. The highest BCUT2D eigenvalue weighted by Crippen LogP contribution is 2.23. The van der Waals surface area contributed by atoms with Crippen LogP contribution in [0.4, 0.5) is 0 Å². The Bertz CT molecular complexity index is 416. The summed E-state index contributed by atoms with van der Waals surface area (Å²) < 4.78 is 5.10. The molecule has 0 radical (unpaired) electrons. The summed E-state index contributed by atoms with van der Waals surface area (Å²) in [6.07, 6.45) is 2.44. The summed E-state index contributed by atoms with van der Waals surface area (Å²) in [5.41, 5.74) is 6.81. The van der Waals surface area contributed by atoms with E-state index in [1.54, 1.807) is 0 Å². The van der Waals surface area contributed by atoms with Gasteiger partial charge in [0.2, 0.25) is 0 Å². The summed E-state index contributed by atoms with van der Waals surface area (Å²) in [6, 6.07) is 0.105. The standard InChI is InChI=1S/C14H24N2O2S/c1-5-10(15)8-12-16-11(7-9(3)4)13(19-12)14(17)18-6-2/h9-10H,5-8,15H2,1-4H3. The van der Waals surface area contributed by atoms with Gasteiger partial charge in [0.25, 0.3) is 0 Å². The number of nitrogens with two attached hydrogens (primary N) is 1. The van der Waals surface area contributed by atoms with Gasteiger partial charge in [0.1, 0.15) is 4.88 Å². The van der Waals surface area contributed by atoms with Crippen LogP contribution < -0.4 is 5.73 Å². The molecule has 1 aromatic heterocycles. The van der Waals surface area contributed by atoms with Gasteiger partial charge in [-0.05, 0) is 25.7 Å². The van der Waals surface area contributed by atoms with E-state index in [0.29, 0.717) is 17.4 Å². The summed E-state index contributed by atoms with van der Waals surface area (Å²) >= 11 is 1.43. The van der Waals surface area contributed by atoms with E-state index in [2.05, 4.69) is 25.8 Å². The van der Waals surface area contributed by atoms with Crippen LogP contribution in [0.2, 0.25) is 0 Å². The van der Waals surface area contributed by atoms with Crippen molar-refractivity contribution in [2.45, 2.75) is 53.0 Å². The van der Waals surface area contributed by atoms with Crippen molar-refractivity contribution < 1.29 is 9.53 Å². The molecule has 1 atom stereocenters. The van der Waals surface area contributed by atoms with Crippen LogP contribution in [0.1, 0.15) is 54.5 Å². The molecule has 5 heteroatoms. The third-order valence-corrected chi connectivity index (χ3v) is 3.87. The lowest BCUT2D eigenvalue weighted by atomic mass is 10.1. The van der Waals surface area contributed by atoms with E-state index in [0.717, 1.165) is 30.0 Å². The van der Waals surface area contributed by atoms with Crippen molar-refractivity contribution in [1.82, 2.24) is 4.98 Å². The van der Waals surface area contributed by atoms with Crippen LogP contribution in [-0.4, -0.2) is 23.6 Å². The monoisotopic (exact) mass is 284 g/mol. The van der Waals surface area contributed by atoms with Crippen LogP contribution in [0, 0.1) is 5.92 Å². The normalized spacial score (nSPS) is 12.7. The van der Waals surface area contributed by atoms with Crippen molar-refractivity contribution in [1.29, 1.82) is 0 Å². The van der Waals surface area contributed by atoms with Gasteiger partial charge in [-0.25, -0.2) is 9.78 Å². The molecule has 2 N–H and O–H groups in total. The van der Waals surface area contributed by atoms with Gasteiger partial charge < -0.3 is 10.5 Å². The SMILES string of the molecule is CCOC(=O)c1sc(CC(N)CC)nc1CC(C)C. The fourth-order valence-electron chi connectivity index (χ4n) is 1.74. The Balaban J connectivity index is 2.94. The van der Waals surface area contributed by atoms with Gasteiger partial charge in [-0.2, -0.15) is 0 Å². The lowest BCUT2D eigenvalue weighted by Crippen LogP contribution is -2.21. The van der Waals surface area contributed by atoms with Crippen LogP contribution in [0.25, 0.3) is 0 Å². The lowest BCUT2D eigenvalue weighted by Gasteiger charge is -2.04. The molecule has 19 heavy (non-hydrogen) atoms. The third kappa shape index (κ3) is 4.91. The Morgan fingerprint density at radius 2 is 2.05 bits per heavy atom. The number of aromatic nitrogens is 1. The van der Waals surface area contributed by atoms with Gasteiger partial charge in [-0.1, -0.05) is 20.8 Å². The van der Waals surface area contributed by atoms with E-state index in [1.807, 2.05) is 6.92 Å². The van der Waals surface area contributed by atoms with Crippen molar-refractivity contribution >= 4 is 17.3 Å². The van der Waals surface area contributed by atoms with Crippen LogP contribution in [0.3, 0.4) is 0 Å². The average Bonchev–Trinajstić information content (AvgIpc) is 2.71. The predicted octanol–water partition coefficient (Wildman–Crippen LogP) is 2.80. The second-order valence-electron chi connectivity index (χ2n) is 5.07. The van der Waals surface area contributed by atoms with E-state index >= 15 is 0 Å². The topological polar surface area (TPSA) is 65.2 Å². The van der Waals surface area contributed by atoms with Crippen LogP contribution in [0.5, 0.6) is 0 Å². The largest absolute Gasteiger partial charge is 0.462 e. The molecule has 0 saturated heterocycles. The molecule has 1 rings (SSSR count). The summed E-state index contributed by atoms with van der Waals surface area (Å²) in [5.74, 6) is 0.204. The second-order valence-corrected chi connectivity index (χ2v) is 6.16. The first-order valence-corrected chi connectivity index (χ1v) is 7.70. The Hall–Kier alpha value is -0.940. The van der Waals surface area contributed by atoms with Crippen molar-refractivity contribution in [2.75, 3.05) is 6.61 Å². The number of carbonyl (C=O) groups is 1. The molecule has 0 bridgehead atoms. The Morgan fingerprint density at radius 1 is 1.37 bits per heavy atom. The quantitative estimate of drug-likeness (QED) is 0.782. The zero-order valence-corrected chi connectivity index (χ0v) is 13.0. The number of carbonyl (C=O) groups excluding carboxylic acids is 1. The maximum atomic E-state index is 11.9. The highest BCUT2D eigenvalue weighted by atomic mass is 32.1. The second kappa shape index (κ2) is 7.60. The molecule has 1 aromatic rings. The third-order valence-electron chi connectivity index (χ3n) is 2.77. The van der Waals surface area contributed by atoms with Crippen LogP contribution in [-0.2, 0) is 17.6 Å². The smallest absolute Gasteiger partial charge is 0.350 e. The number of hydrogen-bond donors (Lipinski definition) is 1. The van der Waals surface area contributed by atoms with Gasteiger partial charge in [-0.3, -0.25) is 0 Å². The number of nitrogens with zero attached hydrogens (tertiary/aromatic N) is 1. The summed E-state index contributed by atoms with van der Waals surface area (Å²) in [5, 5.41) is 0.938. The minimum Gasteiger partial charge on any atom is -0.462 e. The highest BCUT2D eigenvalue weighted by molar-refractivity contribution is 7.13. The van der Waals surface area contributed by atoms with Crippen molar-refractivity contribution in [3.8, 4) is 0 Å². The van der Waals surface area contributed by atoms with Crippen LogP contribution >= 0.6 is 11.3 Å². The number of esters is 1. The van der Waals surface area contributed by atoms with E-state index in [-0.39, 0.29) is 12.0 Å². The first-order chi connectivity index (χ1) is 8.97. The minimum absolute atomic E-state index is 0.105. The van der Waals surface area contributed by atoms with Gasteiger partial charge >= 0.3 is 5.97 Å². The Morgan fingerprint density at radius 3 is 2.58 bits per heavy atom. The number of thiazole rings is 1. The number of ether oxygens (including phenoxy) is 1. The summed E-state index contributed by atoms with van der Waals surface area (Å²) in [4.78, 5) is 17.2. The predicted molar refractivity (Wildman–Crippen MR) is 78.6 cm³/mol. The molecule has 0 aliphatic carbocycles. The first kappa shape index (κ1) is 16.1. The fourth-order valence-corrected chi connectivity index (χ4v) is 2.82. The molecular weight excluding hydrogens is 260 g/mol. The maximum Gasteiger partial charge on any atom is 0.350 e. The maximum absolute atomic E-state index is 11.9. The van der Waals surface area contributed by atoms with Crippen molar-refractivity contribution in [3.63, 3.8) is 0 Å². The molecule has 108 valence electrons. The molecule has 0 aliphatic rings. The van der Waals surface area contributed by atoms with E-state index < -0.39 is 0 Å². The molecule has 0 saturated carbocycles. The molecule has 0 amide bonds.